The normalized spacial score (nSPS) is 27.3. The first kappa shape index (κ1) is 33.4. The number of amides is 1. The molecule has 1 saturated carbocycles. The lowest BCUT2D eigenvalue weighted by Gasteiger charge is -2.45. The third-order valence-corrected chi connectivity index (χ3v) is 12.3. The van der Waals surface area contributed by atoms with Gasteiger partial charge in [0.2, 0.25) is 5.91 Å². The molecule has 4 N–H and O–H groups in total. The lowest BCUT2D eigenvalue weighted by molar-refractivity contribution is -0.126. The molecule has 0 radical (unpaired) electrons. The summed E-state index contributed by atoms with van der Waals surface area (Å²) >= 11 is 0. The number of nitrogens with zero attached hydrogens (tertiary/aromatic N) is 3. The van der Waals surface area contributed by atoms with Crippen molar-refractivity contribution in [2.45, 2.75) is 112 Å². The molecule has 1 aromatic heterocycles. The summed E-state index contributed by atoms with van der Waals surface area (Å²) in [6, 6.07) is 17.0. The zero-order chi connectivity index (χ0) is 31.2. The van der Waals surface area contributed by atoms with Gasteiger partial charge in [0.15, 0.2) is 0 Å². The summed E-state index contributed by atoms with van der Waals surface area (Å²) in [5.41, 5.74) is 9.88. The first-order chi connectivity index (χ1) is 21.9. The first-order valence-corrected chi connectivity index (χ1v) is 18.9. The van der Waals surface area contributed by atoms with E-state index in [0.29, 0.717) is 24.2 Å². The number of rotatable bonds is 13. The predicted molar refractivity (Wildman–Crippen MR) is 191 cm³/mol. The van der Waals surface area contributed by atoms with Gasteiger partial charge >= 0.3 is 0 Å². The Bertz CT molecular complexity index is 1240. The molecule has 2 unspecified atom stereocenters. The van der Waals surface area contributed by atoms with Crippen molar-refractivity contribution in [3.8, 4) is 0 Å². The zero-order valence-electron chi connectivity index (χ0n) is 27.1. The maximum absolute atomic E-state index is 13.5. The highest BCUT2D eigenvalue weighted by Crippen LogP contribution is 2.44. The van der Waals surface area contributed by atoms with Gasteiger partial charge in [0, 0.05) is 49.9 Å². The number of carbonyl (C=O) groups is 1. The predicted octanol–water partition coefficient (Wildman–Crippen LogP) is 5.19. The van der Waals surface area contributed by atoms with Crippen molar-refractivity contribution in [1.29, 1.82) is 0 Å². The van der Waals surface area contributed by atoms with Gasteiger partial charge in [0.05, 0.1) is 17.8 Å². The van der Waals surface area contributed by atoms with E-state index in [4.69, 9.17) is 10.7 Å². The average Bonchev–Trinajstić information content (AvgIpc) is 3.35. The summed E-state index contributed by atoms with van der Waals surface area (Å²) < 4.78 is 0. The summed E-state index contributed by atoms with van der Waals surface area (Å²) in [6.07, 6.45) is 15.2. The fraction of sp³-hybridized carbons (Fsp3) is 0.667. The fourth-order valence-electron chi connectivity index (χ4n) is 8.59. The number of pyridine rings is 1. The van der Waals surface area contributed by atoms with Crippen LogP contribution in [0.15, 0.2) is 48.7 Å². The average molecular weight is 651 g/mol. The quantitative estimate of drug-likeness (QED) is 0.205. The highest BCUT2D eigenvalue weighted by molar-refractivity contribution is 7.39. The molecule has 7 atom stereocenters. The van der Waals surface area contributed by atoms with Crippen LogP contribution >= 0.6 is 18.5 Å². The zero-order valence-corrected chi connectivity index (χ0v) is 29.4. The number of fused-ring (bicyclic) bond motifs is 3. The second-order valence-electron chi connectivity index (χ2n) is 14.3. The van der Waals surface area contributed by atoms with E-state index in [-0.39, 0.29) is 22.8 Å². The van der Waals surface area contributed by atoms with Crippen LogP contribution in [0.1, 0.15) is 99.5 Å². The fourth-order valence-corrected chi connectivity index (χ4v) is 9.26. The number of piperazine rings is 1. The van der Waals surface area contributed by atoms with Crippen LogP contribution in [0.4, 0.5) is 0 Å². The van der Waals surface area contributed by atoms with E-state index in [0.717, 1.165) is 84.1 Å². The Morgan fingerprint density at radius 2 is 1.91 bits per heavy atom. The molecule has 7 nitrogen and oxygen atoms in total. The molecule has 45 heavy (non-hydrogen) atoms. The minimum Gasteiger partial charge on any atom is -0.349 e. The lowest BCUT2D eigenvalue weighted by Crippen LogP contribution is -2.61. The second kappa shape index (κ2) is 15.6. The largest absolute Gasteiger partial charge is 0.349 e. The van der Waals surface area contributed by atoms with Gasteiger partial charge in [-0.05, 0) is 112 Å². The molecule has 2 bridgehead atoms. The third kappa shape index (κ3) is 8.34. The minimum absolute atomic E-state index is 0.0442. The molecular formula is C36H56N6OP2. The van der Waals surface area contributed by atoms with Crippen molar-refractivity contribution >= 4 is 24.4 Å². The second-order valence-corrected chi connectivity index (χ2v) is 17.2. The summed E-state index contributed by atoms with van der Waals surface area (Å²) in [6.45, 7) is 4.94. The molecule has 3 heterocycles. The standard InChI is InChI=1S/C36H56N6OP2/c37-20-4-5-22-41(33-12-6-10-27-11-7-21-38-34(27)33)25-31-32-14-13-29(24-39-31)42(32)23-17-30(26-8-2-1-3-9-26)40-35(43)28-15-18-36(44,45)19-16-28/h1-3,7-9,11,21,28-33,39H,4-6,10,12-20,22-25,37,44-45H2,(H,40,43)/t29-,30+,31-,32+,33-/m0/s1. The van der Waals surface area contributed by atoms with E-state index < -0.39 is 0 Å². The minimum atomic E-state index is 0.0442. The van der Waals surface area contributed by atoms with Gasteiger partial charge in [0.25, 0.3) is 0 Å². The lowest BCUT2D eigenvalue weighted by atomic mass is 9.87. The number of hydrogen-bond acceptors (Lipinski definition) is 6. The Morgan fingerprint density at radius 1 is 1.09 bits per heavy atom. The first-order valence-electron chi connectivity index (χ1n) is 17.7. The summed E-state index contributed by atoms with van der Waals surface area (Å²) in [4.78, 5) is 24.2. The highest BCUT2D eigenvalue weighted by Gasteiger charge is 2.43. The van der Waals surface area contributed by atoms with Crippen LogP contribution in [-0.4, -0.2) is 76.4 Å². The summed E-state index contributed by atoms with van der Waals surface area (Å²) in [5.74, 6) is 0.361. The van der Waals surface area contributed by atoms with E-state index in [1.54, 1.807) is 0 Å². The van der Waals surface area contributed by atoms with Crippen LogP contribution in [0.3, 0.4) is 0 Å². The Labute approximate surface area is 276 Å². The topological polar surface area (TPSA) is 86.5 Å². The molecule has 6 rings (SSSR count). The van der Waals surface area contributed by atoms with Gasteiger partial charge in [0.1, 0.15) is 0 Å². The number of aromatic nitrogens is 1. The van der Waals surface area contributed by atoms with Gasteiger partial charge in [-0.25, -0.2) is 0 Å². The molecule has 3 fully saturated rings. The van der Waals surface area contributed by atoms with Crippen LogP contribution < -0.4 is 16.4 Å². The summed E-state index contributed by atoms with van der Waals surface area (Å²) in [5, 5.41) is 7.52. The number of hydrogen-bond donors (Lipinski definition) is 3. The Morgan fingerprint density at radius 3 is 2.71 bits per heavy atom. The van der Waals surface area contributed by atoms with Crippen molar-refractivity contribution < 1.29 is 4.79 Å². The van der Waals surface area contributed by atoms with Crippen molar-refractivity contribution in [3.63, 3.8) is 0 Å². The Balaban J connectivity index is 1.13. The molecule has 2 saturated heterocycles. The van der Waals surface area contributed by atoms with Crippen molar-refractivity contribution in [3.05, 3.63) is 65.5 Å². The van der Waals surface area contributed by atoms with Crippen molar-refractivity contribution in [2.75, 3.05) is 32.7 Å². The SMILES string of the molecule is NCCCCN(C[C@@H]1NC[C@@H]2CC[C@H]1N2CC[C@@H](NC(=O)C1CCC(P)(P)CC1)c1ccccc1)[C@H]1CCCc2cccnc21. The molecule has 1 aromatic carbocycles. The van der Waals surface area contributed by atoms with Gasteiger partial charge in [-0.2, -0.15) is 0 Å². The molecule has 0 spiro atoms. The number of aryl methyl sites for hydroxylation is 1. The molecule has 246 valence electrons. The van der Waals surface area contributed by atoms with Gasteiger partial charge < -0.3 is 16.4 Å². The number of unbranched alkanes of at least 4 members (excludes halogenated alkanes) is 1. The van der Waals surface area contributed by atoms with E-state index in [1.807, 2.05) is 6.20 Å². The molecule has 4 aliphatic rings. The van der Waals surface area contributed by atoms with Gasteiger partial charge in [-0.15, -0.1) is 18.5 Å². The molecule has 1 amide bonds. The number of nitrogens with one attached hydrogen (secondary N) is 2. The maximum atomic E-state index is 13.5. The number of carbonyl (C=O) groups excluding carboxylic acids is 1. The van der Waals surface area contributed by atoms with E-state index >= 15 is 0 Å². The monoisotopic (exact) mass is 650 g/mol. The molecule has 9 heteroatoms. The molecular weight excluding hydrogens is 594 g/mol. The van der Waals surface area contributed by atoms with Gasteiger partial charge in [-0.3, -0.25) is 19.6 Å². The van der Waals surface area contributed by atoms with Crippen LogP contribution in [-0.2, 0) is 11.2 Å². The van der Waals surface area contributed by atoms with E-state index in [1.165, 1.54) is 42.5 Å². The molecule has 2 aliphatic carbocycles. The van der Waals surface area contributed by atoms with Crippen molar-refractivity contribution in [1.82, 2.24) is 25.4 Å². The smallest absolute Gasteiger partial charge is 0.223 e. The maximum Gasteiger partial charge on any atom is 0.223 e. The molecule has 2 aliphatic heterocycles. The van der Waals surface area contributed by atoms with Crippen LogP contribution in [0.2, 0.25) is 0 Å². The highest BCUT2D eigenvalue weighted by atomic mass is 31.1. The van der Waals surface area contributed by atoms with Crippen LogP contribution in [0.5, 0.6) is 0 Å². The Hall–Kier alpha value is -1.46. The van der Waals surface area contributed by atoms with Crippen LogP contribution in [0, 0.1) is 5.92 Å². The van der Waals surface area contributed by atoms with Crippen molar-refractivity contribution in [2.24, 2.45) is 11.7 Å². The molecule has 2 aromatic rings. The van der Waals surface area contributed by atoms with E-state index in [9.17, 15) is 4.79 Å². The summed E-state index contributed by atoms with van der Waals surface area (Å²) in [7, 11) is 5.95. The van der Waals surface area contributed by atoms with Crippen LogP contribution in [0.25, 0.3) is 0 Å². The van der Waals surface area contributed by atoms with Gasteiger partial charge in [-0.1, -0.05) is 36.4 Å². The number of benzene rings is 1. The Kier molecular flexibility index (Phi) is 11.6. The number of nitrogens with two attached hydrogens (primary N) is 1. The van der Waals surface area contributed by atoms with E-state index in [2.05, 4.69) is 81.4 Å². The third-order valence-electron chi connectivity index (χ3n) is 11.2.